The van der Waals surface area contributed by atoms with Gasteiger partial charge in [0.2, 0.25) is 0 Å². The maximum Gasteiger partial charge on any atom is 0.134 e. The lowest BCUT2D eigenvalue weighted by atomic mass is 10.1. The molecule has 0 aromatic carbocycles. The molecule has 0 aliphatic rings. The van der Waals surface area contributed by atoms with Gasteiger partial charge < -0.3 is 10.6 Å². The largest absolute Gasteiger partial charge is 0.370 e. The van der Waals surface area contributed by atoms with Crippen molar-refractivity contribution in [3.63, 3.8) is 0 Å². The molecule has 18 heavy (non-hydrogen) atoms. The van der Waals surface area contributed by atoms with E-state index in [-0.39, 0.29) is 0 Å². The second-order valence-electron chi connectivity index (χ2n) is 4.94. The van der Waals surface area contributed by atoms with E-state index in [1.54, 1.807) is 6.33 Å². The second kappa shape index (κ2) is 7.90. The molecular formula is C14H26N4. The molecule has 102 valence electrons. The van der Waals surface area contributed by atoms with E-state index in [0.717, 1.165) is 44.0 Å². The van der Waals surface area contributed by atoms with Gasteiger partial charge in [-0.05, 0) is 25.7 Å². The first-order valence-electron chi connectivity index (χ1n) is 7.00. The molecule has 0 saturated carbocycles. The highest BCUT2D eigenvalue weighted by Gasteiger charge is 2.09. The first-order valence-corrected chi connectivity index (χ1v) is 7.00. The Kier molecular flexibility index (Phi) is 6.47. The van der Waals surface area contributed by atoms with E-state index in [1.165, 1.54) is 5.56 Å². The standard InChI is InChI=1S/C14H26N4/c1-5-7-12-13(15-6-2)17-10-18-14(12)16-9-8-11(3)4/h10-11H,5-9H2,1-4H3,(H2,15,16,17,18). The summed E-state index contributed by atoms with van der Waals surface area (Å²) in [5.74, 6) is 2.67. The molecule has 0 aliphatic heterocycles. The van der Waals surface area contributed by atoms with Crippen molar-refractivity contribution in [1.29, 1.82) is 0 Å². The van der Waals surface area contributed by atoms with Gasteiger partial charge in [0.25, 0.3) is 0 Å². The third kappa shape index (κ3) is 4.51. The summed E-state index contributed by atoms with van der Waals surface area (Å²) in [6.45, 7) is 10.6. The number of nitrogens with one attached hydrogen (secondary N) is 2. The lowest BCUT2D eigenvalue weighted by Gasteiger charge is -2.15. The van der Waals surface area contributed by atoms with Crippen LogP contribution in [0.3, 0.4) is 0 Å². The molecule has 4 nitrogen and oxygen atoms in total. The Morgan fingerprint density at radius 3 is 2.33 bits per heavy atom. The number of anilines is 2. The van der Waals surface area contributed by atoms with Crippen molar-refractivity contribution in [1.82, 2.24) is 9.97 Å². The van der Waals surface area contributed by atoms with E-state index in [2.05, 4.69) is 48.3 Å². The molecule has 2 N–H and O–H groups in total. The van der Waals surface area contributed by atoms with Crippen molar-refractivity contribution < 1.29 is 0 Å². The van der Waals surface area contributed by atoms with E-state index >= 15 is 0 Å². The van der Waals surface area contributed by atoms with Crippen LogP contribution in [-0.4, -0.2) is 23.1 Å². The lowest BCUT2D eigenvalue weighted by molar-refractivity contribution is 0.606. The predicted molar refractivity (Wildman–Crippen MR) is 78.1 cm³/mol. The number of hydrogen-bond acceptors (Lipinski definition) is 4. The normalized spacial score (nSPS) is 10.7. The highest BCUT2D eigenvalue weighted by Crippen LogP contribution is 2.21. The van der Waals surface area contributed by atoms with Crippen LogP contribution < -0.4 is 10.6 Å². The lowest BCUT2D eigenvalue weighted by Crippen LogP contribution is -2.12. The third-order valence-corrected chi connectivity index (χ3v) is 2.80. The maximum atomic E-state index is 4.37. The van der Waals surface area contributed by atoms with Gasteiger partial charge in [-0.2, -0.15) is 0 Å². The molecule has 0 fully saturated rings. The smallest absolute Gasteiger partial charge is 0.134 e. The molecular weight excluding hydrogens is 224 g/mol. The van der Waals surface area contributed by atoms with Gasteiger partial charge in [0.15, 0.2) is 0 Å². The summed E-state index contributed by atoms with van der Waals surface area (Å²) in [5.41, 5.74) is 1.21. The zero-order valence-corrected chi connectivity index (χ0v) is 12.1. The molecule has 1 aromatic heterocycles. The van der Waals surface area contributed by atoms with Crippen molar-refractivity contribution in [2.75, 3.05) is 23.7 Å². The average Bonchev–Trinajstić information content (AvgIpc) is 2.33. The molecule has 0 unspecified atom stereocenters. The number of nitrogens with zero attached hydrogens (tertiary/aromatic N) is 2. The monoisotopic (exact) mass is 250 g/mol. The van der Waals surface area contributed by atoms with Crippen LogP contribution in [0.15, 0.2) is 6.33 Å². The highest BCUT2D eigenvalue weighted by molar-refractivity contribution is 5.57. The van der Waals surface area contributed by atoms with Gasteiger partial charge in [0, 0.05) is 18.7 Å². The van der Waals surface area contributed by atoms with Crippen molar-refractivity contribution in [3.05, 3.63) is 11.9 Å². The van der Waals surface area contributed by atoms with E-state index in [4.69, 9.17) is 0 Å². The fourth-order valence-corrected chi connectivity index (χ4v) is 1.85. The fourth-order valence-electron chi connectivity index (χ4n) is 1.85. The Morgan fingerprint density at radius 1 is 1.11 bits per heavy atom. The van der Waals surface area contributed by atoms with Gasteiger partial charge in [-0.3, -0.25) is 0 Å². The molecule has 0 amide bonds. The summed E-state index contributed by atoms with van der Waals surface area (Å²) in [5, 5.41) is 6.75. The summed E-state index contributed by atoms with van der Waals surface area (Å²) in [6.07, 6.45) is 4.90. The van der Waals surface area contributed by atoms with Crippen molar-refractivity contribution >= 4 is 11.6 Å². The Balaban J connectivity index is 2.77. The summed E-state index contributed by atoms with van der Waals surface area (Å²) in [7, 11) is 0. The van der Waals surface area contributed by atoms with Crippen LogP contribution >= 0.6 is 0 Å². The summed E-state index contributed by atoms with van der Waals surface area (Å²) in [6, 6.07) is 0. The molecule has 0 saturated heterocycles. The first-order chi connectivity index (χ1) is 8.69. The maximum absolute atomic E-state index is 4.37. The zero-order chi connectivity index (χ0) is 13.4. The van der Waals surface area contributed by atoms with Gasteiger partial charge in [-0.15, -0.1) is 0 Å². The van der Waals surface area contributed by atoms with Crippen molar-refractivity contribution in [3.8, 4) is 0 Å². The van der Waals surface area contributed by atoms with E-state index < -0.39 is 0 Å². The zero-order valence-electron chi connectivity index (χ0n) is 12.1. The van der Waals surface area contributed by atoms with E-state index in [1.807, 2.05) is 0 Å². The highest BCUT2D eigenvalue weighted by atomic mass is 15.1. The van der Waals surface area contributed by atoms with Gasteiger partial charge >= 0.3 is 0 Å². The topological polar surface area (TPSA) is 49.8 Å². The van der Waals surface area contributed by atoms with Gasteiger partial charge in [0.05, 0.1) is 0 Å². The second-order valence-corrected chi connectivity index (χ2v) is 4.94. The summed E-state index contributed by atoms with van der Waals surface area (Å²) < 4.78 is 0. The first kappa shape index (κ1) is 14.7. The van der Waals surface area contributed by atoms with Crippen LogP contribution in [-0.2, 0) is 6.42 Å². The van der Waals surface area contributed by atoms with Crippen molar-refractivity contribution in [2.24, 2.45) is 5.92 Å². The Hall–Kier alpha value is -1.32. The van der Waals surface area contributed by atoms with Crippen LogP contribution in [0.5, 0.6) is 0 Å². The predicted octanol–water partition coefficient (Wildman–Crippen LogP) is 3.32. The van der Waals surface area contributed by atoms with Crippen LogP contribution in [0.4, 0.5) is 11.6 Å². The minimum absolute atomic E-state index is 0.710. The van der Waals surface area contributed by atoms with Gasteiger partial charge in [-0.25, -0.2) is 9.97 Å². The SMILES string of the molecule is CCCc1c(NCC)ncnc1NCCC(C)C. The van der Waals surface area contributed by atoms with Gasteiger partial charge in [-0.1, -0.05) is 27.2 Å². The molecule has 1 rings (SSSR count). The van der Waals surface area contributed by atoms with Gasteiger partial charge in [0.1, 0.15) is 18.0 Å². The average molecular weight is 250 g/mol. The third-order valence-electron chi connectivity index (χ3n) is 2.80. The van der Waals surface area contributed by atoms with Crippen molar-refractivity contribution in [2.45, 2.75) is 47.0 Å². The molecule has 0 atom stereocenters. The van der Waals surface area contributed by atoms with E-state index in [0.29, 0.717) is 5.92 Å². The van der Waals surface area contributed by atoms with Crippen LogP contribution in [0.2, 0.25) is 0 Å². The summed E-state index contributed by atoms with van der Waals surface area (Å²) >= 11 is 0. The van der Waals surface area contributed by atoms with Crippen LogP contribution in [0, 0.1) is 5.92 Å². The Bertz CT molecular complexity index is 350. The Labute approximate surface area is 111 Å². The number of hydrogen-bond donors (Lipinski definition) is 2. The quantitative estimate of drug-likeness (QED) is 0.743. The molecule has 0 bridgehead atoms. The Morgan fingerprint density at radius 2 is 1.78 bits per heavy atom. The molecule has 1 heterocycles. The molecule has 1 aromatic rings. The minimum atomic E-state index is 0.710. The molecule has 4 heteroatoms. The number of rotatable bonds is 8. The molecule has 0 spiro atoms. The van der Waals surface area contributed by atoms with Crippen LogP contribution in [0.25, 0.3) is 0 Å². The fraction of sp³-hybridized carbons (Fsp3) is 0.714. The number of aromatic nitrogens is 2. The molecule has 0 radical (unpaired) electrons. The van der Waals surface area contributed by atoms with Crippen LogP contribution in [0.1, 0.15) is 46.1 Å². The minimum Gasteiger partial charge on any atom is -0.370 e. The summed E-state index contributed by atoms with van der Waals surface area (Å²) in [4.78, 5) is 8.70. The van der Waals surface area contributed by atoms with E-state index in [9.17, 15) is 0 Å². The molecule has 0 aliphatic carbocycles.